The van der Waals surface area contributed by atoms with E-state index in [9.17, 15) is 14.7 Å². The summed E-state index contributed by atoms with van der Waals surface area (Å²) in [7, 11) is 6.61. The summed E-state index contributed by atoms with van der Waals surface area (Å²) in [6, 6.07) is 11.6. The third-order valence-corrected chi connectivity index (χ3v) is 15.7. The fourth-order valence-electron chi connectivity index (χ4n) is 13.5. The van der Waals surface area contributed by atoms with E-state index in [0.29, 0.717) is 43.7 Å². The van der Waals surface area contributed by atoms with Gasteiger partial charge in [-0.25, -0.2) is 4.79 Å². The van der Waals surface area contributed by atoms with Crippen molar-refractivity contribution in [2.45, 2.75) is 87.5 Å². The second-order valence-corrected chi connectivity index (χ2v) is 18.7. The van der Waals surface area contributed by atoms with E-state index >= 15 is 4.79 Å². The Labute approximate surface area is 369 Å². The Bertz CT molecular complexity index is 2360. The quantitative estimate of drug-likeness (QED) is 0.103. The number of methoxy groups -OCH3 is 3. The highest BCUT2D eigenvalue weighted by Crippen LogP contribution is 2.68. The SMILES string of the molecule is CCC1=C[C@@H]2CN(CCc3c([nH]c4ccccc34)[C@@](C(=O)OC)(c3cc4c(cc3OC)N(C)[C@H]3C(O)(CNC(=O)OCCOC)[C@H](OC(C)=O)[C@]5(CC)C=CCN6CC[C@]43[C@@H]65)C2)C1. The van der Waals surface area contributed by atoms with Crippen molar-refractivity contribution in [1.29, 1.82) is 0 Å². The number of H-pyrrole nitrogens is 1. The van der Waals surface area contributed by atoms with Gasteiger partial charge in [-0.15, -0.1) is 0 Å². The molecule has 1 saturated carbocycles. The van der Waals surface area contributed by atoms with Crippen molar-refractivity contribution in [2.75, 3.05) is 85.8 Å². The average Bonchev–Trinajstić information content (AvgIpc) is 3.95. The minimum Gasteiger partial charge on any atom is -0.496 e. The maximum Gasteiger partial charge on any atom is 0.407 e. The van der Waals surface area contributed by atoms with Crippen LogP contribution < -0.4 is 15.0 Å². The topological polar surface area (TPSA) is 155 Å². The average molecular weight is 866 g/mol. The summed E-state index contributed by atoms with van der Waals surface area (Å²) < 4.78 is 29.3. The number of nitrogens with zero attached hydrogens (tertiary/aromatic N) is 3. The lowest BCUT2D eigenvalue weighted by atomic mass is 9.47. The van der Waals surface area contributed by atoms with E-state index in [2.05, 4.69) is 81.3 Å². The minimum absolute atomic E-state index is 0.0221. The molecule has 0 radical (unpaired) electrons. The number of fused-ring (bicyclic) bond motifs is 6. The van der Waals surface area contributed by atoms with Gasteiger partial charge in [-0.1, -0.05) is 55.8 Å². The number of benzene rings is 2. The van der Waals surface area contributed by atoms with Gasteiger partial charge in [0, 0.05) is 98.0 Å². The normalized spacial score (nSPS) is 32.9. The molecule has 2 unspecified atom stereocenters. The number of aromatic amines is 1. The molecule has 1 aromatic heterocycles. The molecule has 1 aliphatic carbocycles. The zero-order chi connectivity index (χ0) is 44.5. The Morgan fingerprint density at radius 3 is 2.57 bits per heavy atom. The number of aromatic nitrogens is 1. The van der Waals surface area contributed by atoms with Crippen molar-refractivity contribution >= 4 is 34.6 Å². The molecule has 2 aromatic carbocycles. The van der Waals surface area contributed by atoms with Gasteiger partial charge in [-0.3, -0.25) is 19.4 Å². The van der Waals surface area contributed by atoms with Crippen LogP contribution in [0, 0.1) is 11.3 Å². The molecule has 5 aliphatic heterocycles. The molecule has 9 rings (SSSR count). The van der Waals surface area contributed by atoms with Crippen LogP contribution in [0.2, 0.25) is 0 Å². The van der Waals surface area contributed by atoms with E-state index in [1.807, 2.05) is 19.2 Å². The summed E-state index contributed by atoms with van der Waals surface area (Å²) in [6.07, 6.45) is 8.17. The van der Waals surface area contributed by atoms with E-state index in [-0.39, 0.29) is 37.7 Å². The first-order valence-corrected chi connectivity index (χ1v) is 22.6. The van der Waals surface area contributed by atoms with Crippen LogP contribution in [0.5, 0.6) is 5.75 Å². The van der Waals surface area contributed by atoms with Gasteiger partial charge in [0.25, 0.3) is 0 Å². The van der Waals surface area contributed by atoms with Gasteiger partial charge in [-0.2, -0.15) is 0 Å². The molecule has 14 nitrogen and oxygen atoms in total. The van der Waals surface area contributed by atoms with Gasteiger partial charge < -0.3 is 44.0 Å². The highest BCUT2D eigenvalue weighted by atomic mass is 16.6. The first-order valence-electron chi connectivity index (χ1n) is 22.6. The van der Waals surface area contributed by atoms with Crippen LogP contribution in [-0.4, -0.2) is 143 Å². The third kappa shape index (κ3) is 6.36. The van der Waals surface area contributed by atoms with Crippen LogP contribution in [0.4, 0.5) is 10.5 Å². The Kier molecular flexibility index (Phi) is 11.2. The molecular formula is C49H63N5O9. The molecule has 1 spiro atoms. The standard InChI is InChI=1S/C49H63N5O9/c1-8-31-23-32-26-48(44(56)61-7,40-34(15-19-53(27-31)28-32)33-13-10-11-14-37(33)51-40)36-24-35-38(25-39(36)60-6)52(4)42-47(35)17-20-54-18-12-16-46(9-2,41(47)54)43(63-30(3)55)49(42,58)29-50-45(57)62-22-21-59-5/h10-14,16,23-25,32,41-43,51,58H,8-9,15,17-22,26-29H2,1-7H3,(H,50,57)/t32-,41-,42+,43+,46+,47+,48-,49?/m0/s1. The molecule has 14 heteroatoms. The van der Waals surface area contributed by atoms with Gasteiger partial charge in [-0.05, 0) is 67.8 Å². The molecule has 9 atom stereocenters. The molecule has 2 fully saturated rings. The van der Waals surface area contributed by atoms with Crippen molar-refractivity contribution in [3.63, 3.8) is 0 Å². The lowest BCUT2D eigenvalue weighted by Gasteiger charge is -2.64. The second kappa shape index (κ2) is 16.3. The summed E-state index contributed by atoms with van der Waals surface area (Å²) in [6.45, 7) is 9.58. The van der Waals surface area contributed by atoms with Crippen LogP contribution in [0.15, 0.2) is 60.2 Å². The van der Waals surface area contributed by atoms with Crippen LogP contribution in [0.3, 0.4) is 0 Å². The van der Waals surface area contributed by atoms with Gasteiger partial charge in [0.05, 0.1) is 33.4 Å². The molecule has 6 aliphatic rings. The van der Waals surface area contributed by atoms with Gasteiger partial charge in [0.1, 0.15) is 29.5 Å². The Hall–Kier alpha value is -4.89. The van der Waals surface area contributed by atoms with E-state index in [4.69, 9.17) is 23.7 Å². The lowest BCUT2D eigenvalue weighted by Crippen LogP contribution is -2.81. The number of aliphatic hydroxyl groups is 1. The zero-order valence-electron chi connectivity index (χ0n) is 37.8. The van der Waals surface area contributed by atoms with Gasteiger partial charge >= 0.3 is 18.0 Å². The maximum atomic E-state index is 15.4. The number of amides is 1. The number of hydrogen-bond acceptors (Lipinski definition) is 12. The summed E-state index contributed by atoms with van der Waals surface area (Å²) in [5.41, 5.74) is 1.90. The number of ether oxygens (including phenoxy) is 5. The number of likely N-dealkylation sites (N-methyl/N-ethyl adjacent to an activating group) is 1. The van der Waals surface area contributed by atoms with E-state index in [1.54, 1.807) is 7.11 Å². The zero-order valence-corrected chi connectivity index (χ0v) is 37.8. The van der Waals surface area contributed by atoms with Gasteiger partial charge in [0.2, 0.25) is 0 Å². The van der Waals surface area contributed by atoms with Crippen LogP contribution >= 0.6 is 0 Å². The lowest BCUT2D eigenvalue weighted by molar-refractivity contribution is -0.217. The molecule has 3 aromatic rings. The number of alkyl carbamates (subject to hydrolysis) is 1. The van der Waals surface area contributed by atoms with E-state index in [1.165, 1.54) is 26.7 Å². The minimum atomic E-state index is -1.84. The maximum absolute atomic E-state index is 15.4. The number of para-hydroxylation sites is 1. The molecule has 6 heterocycles. The Morgan fingerprint density at radius 2 is 1.84 bits per heavy atom. The Morgan fingerprint density at radius 1 is 1.03 bits per heavy atom. The van der Waals surface area contributed by atoms with Crippen LogP contribution in [-0.2, 0) is 45.8 Å². The molecule has 2 bridgehead atoms. The molecule has 338 valence electrons. The van der Waals surface area contributed by atoms with E-state index in [0.717, 1.165) is 65.9 Å². The van der Waals surface area contributed by atoms with Gasteiger partial charge in [0.15, 0.2) is 0 Å². The first kappa shape index (κ1) is 43.4. The Balaban J connectivity index is 1.31. The predicted molar refractivity (Wildman–Crippen MR) is 238 cm³/mol. The van der Waals surface area contributed by atoms with E-state index < -0.39 is 46.1 Å². The van der Waals surface area contributed by atoms with Crippen molar-refractivity contribution in [3.05, 3.63) is 82.6 Å². The fraction of sp³-hybridized carbons (Fsp3) is 0.571. The second-order valence-electron chi connectivity index (χ2n) is 18.7. The fourth-order valence-corrected chi connectivity index (χ4v) is 13.5. The molecule has 1 saturated heterocycles. The van der Waals surface area contributed by atoms with Crippen molar-refractivity contribution in [1.82, 2.24) is 20.1 Å². The molecule has 1 amide bonds. The van der Waals surface area contributed by atoms with Crippen LogP contribution in [0.25, 0.3) is 10.9 Å². The van der Waals surface area contributed by atoms with Crippen LogP contribution in [0.1, 0.15) is 68.8 Å². The number of carbonyl (C=O) groups excluding carboxylic acids is 3. The highest BCUT2D eigenvalue weighted by molar-refractivity contribution is 5.94. The third-order valence-electron chi connectivity index (χ3n) is 15.7. The smallest absolute Gasteiger partial charge is 0.407 e. The van der Waals surface area contributed by atoms with Crippen molar-refractivity contribution in [3.8, 4) is 5.75 Å². The monoisotopic (exact) mass is 865 g/mol. The number of hydrogen-bond donors (Lipinski definition) is 3. The summed E-state index contributed by atoms with van der Waals surface area (Å²) in [4.78, 5) is 52.8. The largest absolute Gasteiger partial charge is 0.496 e. The predicted octanol–water partition coefficient (Wildman–Crippen LogP) is 5.00. The molecule has 3 N–H and O–H groups in total. The van der Waals surface area contributed by atoms with Crippen molar-refractivity contribution < 1.29 is 43.2 Å². The molecular weight excluding hydrogens is 803 g/mol. The number of carbonyl (C=O) groups is 3. The molecule has 63 heavy (non-hydrogen) atoms. The number of anilines is 1. The first-order chi connectivity index (χ1) is 30.4. The number of nitrogens with one attached hydrogen (secondary N) is 2. The summed E-state index contributed by atoms with van der Waals surface area (Å²) >= 11 is 0. The number of rotatable bonds is 11. The highest BCUT2D eigenvalue weighted by Gasteiger charge is 2.78. The van der Waals surface area contributed by atoms with Crippen molar-refractivity contribution in [2.24, 2.45) is 11.3 Å². The number of esters is 2. The summed E-state index contributed by atoms with van der Waals surface area (Å²) in [5.74, 6) is -0.351. The summed E-state index contributed by atoms with van der Waals surface area (Å²) in [5, 5.41) is 17.7.